The van der Waals surface area contributed by atoms with Gasteiger partial charge in [0.1, 0.15) is 0 Å². The summed E-state index contributed by atoms with van der Waals surface area (Å²) in [4.78, 5) is 35.6. The summed E-state index contributed by atoms with van der Waals surface area (Å²) in [6.07, 6.45) is 0. The molecule has 1 aliphatic rings. The molecule has 0 unspecified atom stereocenters. The van der Waals surface area contributed by atoms with Crippen LogP contribution in [0.4, 0.5) is 0 Å². The third-order valence-corrected chi connectivity index (χ3v) is 4.24. The Bertz CT molecular complexity index is 946. The van der Waals surface area contributed by atoms with Gasteiger partial charge in [0.25, 0.3) is 17.7 Å². The third-order valence-electron chi connectivity index (χ3n) is 4.24. The van der Waals surface area contributed by atoms with E-state index in [4.69, 9.17) is 0 Å². The average molecular weight is 376 g/mol. The number of carbonyl (C=O) groups is 3. The molecule has 4 rings (SSSR count). The number of nitrogens with zero attached hydrogens (tertiary/aromatic N) is 1. The molecule has 5 nitrogen and oxygen atoms in total. The first kappa shape index (κ1) is 20.8. The van der Waals surface area contributed by atoms with Crippen LogP contribution in [0.15, 0.2) is 66.7 Å². The summed E-state index contributed by atoms with van der Waals surface area (Å²) in [6.45, 7) is 4.00. The van der Waals surface area contributed by atoms with Crippen molar-refractivity contribution in [3.05, 3.63) is 83.4 Å². The molecular formula is C23H24N2O3. The van der Waals surface area contributed by atoms with Gasteiger partial charge in [-0.1, -0.05) is 62.4 Å². The van der Waals surface area contributed by atoms with Crippen LogP contribution in [-0.2, 0) is 0 Å². The Morgan fingerprint density at radius 3 is 1.71 bits per heavy atom. The molecule has 144 valence electrons. The summed E-state index contributed by atoms with van der Waals surface area (Å²) < 4.78 is 0. The van der Waals surface area contributed by atoms with Crippen LogP contribution in [-0.4, -0.2) is 36.7 Å². The first-order valence-electron chi connectivity index (χ1n) is 9.15. The summed E-state index contributed by atoms with van der Waals surface area (Å²) in [5, 5.41) is 5.08. The van der Waals surface area contributed by atoms with E-state index in [9.17, 15) is 14.4 Å². The molecule has 5 heteroatoms. The van der Waals surface area contributed by atoms with Crippen LogP contribution in [0.3, 0.4) is 0 Å². The molecule has 0 aromatic heterocycles. The number of imide groups is 1. The van der Waals surface area contributed by atoms with Gasteiger partial charge in [0, 0.05) is 19.7 Å². The van der Waals surface area contributed by atoms with Gasteiger partial charge in [-0.2, -0.15) is 0 Å². The molecule has 0 aliphatic carbocycles. The molecule has 3 amide bonds. The second kappa shape index (κ2) is 9.46. The maximum atomic E-state index is 11.6. The molecule has 0 fully saturated rings. The predicted molar refractivity (Wildman–Crippen MR) is 112 cm³/mol. The SMILES string of the molecule is CC.CNC(=O)c1ccc2c(c1)C(=O)N(C)C2=O.c1ccc2ccccc2c1. The van der Waals surface area contributed by atoms with Gasteiger partial charge in [-0.25, -0.2) is 0 Å². The maximum Gasteiger partial charge on any atom is 0.261 e. The summed E-state index contributed by atoms with van der Waals surface area (Å²) in [5.74, 6) is -0.980. The summed E-state index contributed by atoms with van der Waals surface area (Å²) in [7, 11) is 2.93. The molecular weight excluding hydrogens is 352 g/mol. The van der Waals surface area contributed by atoms with Gasteiger partial charge in [-0.15, -0.1) is 0 Å². The van der Waals surface area contributed by atoms with Crippen LogP contribution in [0.2, 0.25) is 0 Å². The third kappa shape index (κ3) is 4.26. The smallest absolute Gasteiger partial charge is 0.261 e. The molecule has 1 N–H and O–H groups in total. The van der Waals surface area contributed by atoms with E-state index in [1.165, 1.54) is 43.1 Å². The van der Waals surface area contributed by atoms with Crippen molar-refractivity contribution in [3.8, 4) is 0 Å². The fourth-order valence-corrected chi connectivity index (χ4v) is 2.78. The van der Waals surface area contributed by atoms with Crippen LogP contribution in [0, 0.1) is 0 Å². The summed E-state index contributed by atoms with van der Waals surface area (Å²) >= 11 is 0. The molecule has 0 radical (unpaired) electrons. The number of hydrogen-bond acceptors (Lipinski definition) is 3. The zero-order chi connectivity index (χ0) is 20.7. The van der Waals surface area contributed by atoms with Crippen LogP contribution >= 0.6 is 0 Å². The van der Waals surface area contributed by atoms with Gasteiger partial charge < -0.3 is 5.32 Å². The Balaban J connectivity index is 0.000000200. The number of rotatable bonds is 1. The standard InChI is InChI=1S/C11H10N2O3.C10H8.C2H6/c1-12-9(14)6-3-4-7-8(5-6)11(16)13(2)10(7)15;1-2-6-10-8-4-3-7-9(10)5-1;1-2/h3-5H,1-2H3,(H,12,14);1-8H;1-2H3. The number of benzene rings is 3. The highest BCUT2D eigenvalue weighted by Crippen LogP contribution is 2.22. The molecule has 0 saturated carbocycles. The Kier molecular flexibility index (Phi) is 7.04. The highest BCUT2D eigenvalue weighted by molar-refractivity contribution is 6.21. The molecule has 3 aromatic rings. The minimum atomic E-state index is -0.370. The Morgan fingerprint density at radius 1 is 0.786 bits per heavy atom. The van der Waals surface area contributed by atoms with Crippen LogP contribution in [0.1, 0.15) is 44.9 Å². The molecule has 0 saturated heterocycles. The predicted octanol–water partition coefficient (Wildman–Crippen LogP) is 4.14. The highest BCUT2D eigenvalue weighted by atomic mass is 16.2. The van der Waals surface area contributed by atoms with E-state index < -0.39 is 0 Å². The van der Waals surface area contributed by atoms with E-state index in [-0.39, 0.29) is 23.3 Å². The van der Waals surface area contributed by atoms with Crippen molar-refractivity contribution in [1.82, 2.24) is 10.2 Å². The average Bonchev–Trinajstić information content (AvgIpc) is 2.98. The van der Waals surface area contributed by atoms with E-state index in [0.29, 0.717) is 11.1 Å². The molecule has 0 spiro atoms. The van der Waals surface area contributed by atoms with Crippen molar-refractivity contribution in [3.63, 3.8) is 0 Å². The quantitative estimate of drug-likeness (QED) is 0.649. The van der Waals surface area contributed by atoms with Crippen molar-refractivity contribution in [2.75, 3.05) is 14.1 Å². The molecule has 3 aromatic carbocycles. The first-order valence-corrected chi connectivity index (χ1v) is 9.15. The lowest BCUT2D eigenvalue weighted by molar-refractivity contribution is 0.0693. The van der Waals surface area contributed by atoms with Crippen molar-refractivity contribution < 1.29 is 14.4 Å². The zero-order valence-electron chi connectivity index (χ0n) is 16.5. The first-order chi connectivity index (χ1) is 13.5. The monoisotopic (exact) mass is 376 g/mol. The molecule has 0 atom stereocenters. The van der Waals surface area contributed by atoms with E-state index >= 15 is 0 Å². The minimum Gasteiger partial charge on any atom is -0.355 e. The topological polar surface area (TPSA) is 66.5 Å². The number of fused-ring (bicyclic) bond motifs is 2. The van der Waals surface area contributed by atoms with Gasteiger partial charge in [0.2, 0.25) is 0 Å². The minimum absolute atomic E-state index is 0.280. The van der Waals surface area contributed by atoms with Gasteiger partial charge in [-0.3, -0.25) is 19.3 Å². The lowest BCUT2D eigenvalue weighted by atomic mass is 10.1. The zero-order valence-corrected chi connectivity index (χ0v) is 16.5. The van der Waals surface area contributed by atoms with E-state index in [1.54, 1.807) is 0 Å². The van der Waals surface area contributed by atoms with Crippen molar-refractivity contribution >= 4 is 28.5 Å². The number of hydrogen-bond donors (Lipinski definition) is 1. The lowest BCUT2D eigenvalue weighted by Gasteiger charge is -2.02. The summed E-state index contributed by atoms with van der Waals surface area (Å²) in [5.41, 5.74) is 1.01. The molecule has 1 heterocycles. The maximum absolute atomic E-state index is 11.6. The van der Waals surface area contributed by atoms with Crippen LogP contribution in [0.5, 0.6) is 0 Å². The van der Waals surface area contributed by atoms with E-state index in [1.807, 2.05) is 13.8 Å². The molecule has 28 heavy (non-hydrogen) atoms. The summed E-state index contributed by atoms with van der Waals surface area (Å²) in [6, 6.07) is 21.2. The Labute approximate surface area is 165 Å². The normalized spacial score (nSPS) is 11.8. The van der Waals surface area contributed by atoms with E-state index in [2.05, 4.69) is 53.8 Å². The highest BCUT2D eigenvalue weighted by Gasteiger charge is 2.33. The number of amides is 3. The van der Waals surface area contributed by atoms with Gasteiger partial charge in [0.05, 0.1) is 11.1 Å². The number of carbonyl (C=O) groups excluding carboxylic acids is 3. The van der Waals surface area contributed by atoms with Crippen molar-refractivity contribution in [2.45, 2.75) is 13.8 Å². The fourth-order valence-electron chi connectivity index (χ4n) is 2.78. The van der Waals surface area contributed by atoms with Gasteiger partial charge >= 0.3 is 0 Å². The van der Waals surface area contributed by atoms with Crippen molar-refractivity contribution in [1.29, 1.82) is 0 Å². The van der Waals surface area contributed by atoms with Gasteiger partial charge in [-0.05, 0) is 29.0 Å². The fraction of sp³-hybridized carbons (Fsp3) is 0.174. The number of nitrogens with one attached hydrogen (secondary N) is 1. The second-order valence-electron chi connectivity index (χ2n) is 5.86. The van der Waals surface area contributed by atoms with Crippen molar-refractivity contribution in [2.24, 2.45) is 0 Å². The Morgan fingerprint density at radius 2 is 1.25 bits per heavy atom. The molecule has 0 bridgehead atoms. The van der Waals surface area contributed by atoms with Crippen LogP contribution in [0.25, 0.3) is 10.8 Å². The largest absolute Gasteiger partial charge is 0.355 e. The van der Waals surface area contributed by atoms with Gasteiger partial charge in [0.15, 0.2) is 0 Å². The molecule has 1 aliphatic heterocycles. The lowest BCUT2D eigenvalue weighted by Crippen LogP contribution is -2.24. The second-order valence-corrected chi connectivity index (χ2v) is 5.86. The van der Waals surface area contributed by atoms with Crippen LogP contribution < -0.4 is 5.32 Å². The van der Waals surface area contributed by atoms with E-state index in [0.717, 1.165) is 4.90 Å². The Hall–Kier alpha value is -3.47.